The first-order chi connectivity index (χ1) is 19.6. The molecule has 5 rings (SSSR count). The maximum Gasteiger partial charge on any atom is 0.341 e. The number of thiophene rings is 1. The Kier molecular flexibility index (Phi) is 8.09. The van der Waals surface area contributed by atoms with Crippen molar-refractivity contribution in [3.05, 3.63) is 80.0 Å². The molecule has 4 heterocycles. The highest BCUT2D eigenvalue weighted by atomic mass is 35.5. The SMILES string of the molecule is CCn1cc(C(=O)O)c(=O)c2cnc(N3CCN(S(=O)(=O)c4ccc(CNC(=O)c5ccc(Cl)cc5)s4)CC3)nc21. The molecule has 1 amide bonds. The number of carboxylic acids is 1. The van der Waals surface area contributed by atoms with E-state index in [1.165, 1.54) is 22.8 Å². The van der Waals surface area contributed by atoms with Crippen LogP contribution >= 0.6 is 22.9 Å². The second kappa shape index (κ2) is 11.6. The van der Waals surface area contributed by atoms with Crippen LogP contribution in [0.25, 0.3) is 11.0 Å². The molecular weight excluding hydrogens is 592 g/mol. The second-order valence-corrected chi connectivity index (χ2v) is 12.9. The summed E-state index contributed by atoms with van der Waals surface area (Å²) in [5.74, 6) is -1.28. The maximum atomic E-state index is 13.3. The van der Waals surface area contributed by atoms with Gasteiger partial charge in [0.05, 0.1) is 11.9 Å². The molecule has 0 bridgehead atoms. The fraction of sp³-hybridized carbons (Fsp3) is 0.269. The molecule has 0 spiro atoms. The third kappa shape index (κ3) is 5.81. The van der Waals surface area contributed by atoms with Gasteiger partial charge in [-0.1, -0.05) is 11.6 Å². The van der Waals surface area contributed by atoms with Gasteiger partial charge in [-0.25, -0.2) is 18.2 Å². The van der Waals surface area contributed by atoms with Crippen molar-refractivity contribution in [3.63, 3.8) is 0 Å². The molecular formula is C26H25ClN6O6S2. The molecule has 0 atom stereocenters. The summed E-state index contributed by atoms with van der Waals surface area (Å²) in [5, 5.41) is 12.8. The third-order valence-electron chi connectivity index (χ3n) is 6.66. The average molecular weight is 617 g/mol. The van der Waals surface area contributed by atoms with Gasteiger partial charge in [-0.2, -0.15) is 9.29 Å². The summed E-state index contributed by atoms with van der Waals surface area (Å²) in [7, 11) is -3.75. The quantitative estimate of drug-likeness (QED) is 0.304. The van der Waals surface area contributed by atoms with Crippen LogP contribution < -0.4 is 15.6 Å². The standard InChI is InChI=1S/C26H25ClN6O6S2/c1-2-31-15-20(25(36)37)22(34)19-14-29-26(30-23(19)31)32-9-11-33(12-10-32)41(38,39)21-8-7-18(40-21)13-28-24(35)16-3-5-17(27)6-4-16/h3-8,14-15H,2,9-13H2,1H3,(H,28,35)(H,36,37). The Morgan fingerprint density at radius 1 is 1.10 bits per heavy atom. The Bertz CT molecular complexity index is 1800. The molecule has 41 heavy (non-hydrogen) atoms. The predicted molar refractivity (Wildman–Crippen MR) is 154 cm³/mol. The van der Waals surface area contributed by atoms with Gasteiger partial charge in [-0.05, 0) is 43.3 Å². The van der Waals surface area contributed by atoms with Gasteiger partial charge in [0, 0.05) is 60.6 Å². The minimum atomic E-state index is -3.75. The molecule has 3 aromatic heterocycles. The van der Waals surface area contributed by atoms with E-state index in [2.05, 4.69) is 15.3 Å². The topological polar surface area (TPSA) is 155 Å². The van der Waals surface area contributed by atoms with Gasteiger partial charge in [0.15, 0.2) is 0 Å². The van der Waals surface area contributed by atoms with Crippen LogP contribution in [-0.4, -0.2) is 70.4 Å². The Balaban J connectivity index is 1.25. The highest BCUT2D eigenvalue weighted by Crippen LogP contribution is 2.27. The van der Waals surface area contributed by atoms with Crippen molar-refractivity contribution in [3.8, 4) is 0 Å². The van der Waals surface area contributed by atoms with Crippen molar-refractivity contribution in [2.75, 3.05) is 31.1 Å². The Labute approximate surface area is 243 Å². The number of aromatic carboxylic acids is 1. The van der Waals surface area contributed by atoms with E-state index < -0.39 is 21.4 Å². The lowest BCUT2D eigenvalue weighted by atomic mass is 10.2. The number of piperazine rings is 1. The van der Waals surface area contributed by atoms with Crippen LogP contribution in [0.15, 0.2) is 57.8 Å². The summed E-state index contributed by atoms with van der Waals surface area (Å²) in [6.45, 7) is 3.43. The molecule has 1 fully saturated rings. The number of pyridine rings is 1. The van der Waals surface area contributed by atoms with E-state index in [0.29, 0.717) is 46.7 Å². The van der Waals surface area contributed by atoms with E-state index in [1.54, 1.807) is 34.9 Å². The number of anilines is 1. The lowest BCUT2D eigenvalue weighted by molar-refractivity contribution is 0.0694. The van der Waals surface area contributed by atoms with Crippen molar-refractivity contribution < 1.29 is 23.1 Å². The number of fused-ring (bicyclic) bond motifs is 1. The molecule has 15 heteroatoms. The number of aryl methyl sites for hydroxylation is 1. The van der Waals surface area contributed by atoms with Crippen molar-refractivity contribution in [2.24, 2.45) is 0 Å². The number of nitrogens with zero attached hydrogens (tertiary/aromatic N) is 5. The Morgan fingerprint density at radius 2 is 1.80 bits per heavy atom. The molecule has 214 valence electrons. The molecule has 12 nitrogen and oxygen atoms in total. The van der Waals surface area contributed by atoms with Gasteiger partial charge in [-0.3, -0.25) is 9.59 Å². The zero-order chi connectivity index (χ0) is 29.3. The van der Waals surface area contributed by atoms with Crippen LogP contribution in [0, 0.1) is 0 Å². The number of carboxylic acid groups (broad SMARTS) is 1. The number of carbonyl (C=O) groups is 2. The van der Waals surface area contributed by atoms with Crippen LogP contribution in [0.5, 0.6) is 0 Å². The van der Waals surface area contributed by atoms with Crippen molar-refractivity contribution >= 4 is 61.8 Å². The molecule has 1 aliphatic heterocycles. The summed E-state index contributed by atoms with van der Waals surface area (Å²) in [5.41, 5.74) is -0.235. The summed E-state index contributed by atoms with van der Waals surface area (Å²) < 4.78 is 29.8. The van der Waals surface area contributed by atoms with Gasteiger partial charge in [0.1, 0.15) is 15.4 Å². The number of carbonyl (C=O) groups excluding carboxylic acids is 1. The third-order valence-corrected chi connectivity index (χ3v) is 10.4. The molecule has 0 saturated carbocycles. The first-order valence-corrected chi connectivity index (χ1v) is 15.2. The number of halogens is 1. The monoisotopic (exact) mass is 616 g/mol. The summed E-state index contributed by atoms with van der Waals surface area (Å²) in [6.07, 6.45) is 2.59. The fourth-order valence-corrected chi connectivity index (χ4v) is 7.43. The highest BCUT2D eigenvalue weighted by Gasteiger charge is 2.31. The van der Waals surface area contributed by atoms with Crippen LogP contribution in [0.1, 0.15) is 32.5 Å². The molecule has 0 aliphatic carbocycles. The van der Waals surface area contributed by atoms with Crippen molar-refractivity contribution in [1.82, 2.24) is 24.2 Å². The first-order valence-electron chi connectivity index (χ1n) is 12.6. The lowest BCUT2D eigenvalue weighted by Gasteiger charge is -2.33. The van der Waals surface area contributed by atoms with E-state index in [1.807, 2.05) is 11.8 Å². The molecule has 1 aromatic carbocycles. The molecule has 0 unspecified atom stereocenters. The van der Waals surface area contributed by atoms with Crippen LogP contribution in [0.2, 0.25) is 5.02 Å². The number of aromatic nitrogens is 3. The van der Waals surface area contributed by atoms with Crippen molar-refractivity contribution in [1.29, 1.82) is 0 Å². The van der Waals surface area contributed by atoms with E-state index >= 15 is 0 Å². The first kappa shape index (κ1) is 28.7. The second-order valence-electron chi connectivity index (χ2n) is 9.17. The summed E-state index contributed by atoms with van der Waals surface area (Å²) >= 11 is 6.96. The number of nitrogens with one attached hydrogen (secondary N) is 1. The van der Waals surface area contributed by atoms with Gasteiger partial charge >= 0.3 is 5.97 Å². The Hall–Kier alpha value is -3.85. The molecule has 4 aromatic rings. The van der Waals surface area contributed by atoms with E-state index in [4.69, 9.17) is 11.6 Å². The zero-order valence-electron chi connectivity index (χ0n) is 21.8. The number of amides is 1. The van der Waals surface area contributed by atoms with E-state index in [9.17, 15) is 27.9 Å². The maximum absolute atomic E-state index is 13.3. The smallest absolute Gasteiger partial charge is 0.341 e. The molecule has 2 N–H and O–H groups in total. The van der Waals surface area contributed by atoms with Gasteiger partial charge in [0.2, 0.25) is 11.4 Å². The Morgan fingerprint density at radius 3 is 2.46 bits per heavy atom. The normalized spacial score (nSPS) is 14.3. The van der Waals surface area contributed by atoms with E-state index in [0.717, 1.165) is 11.3 Å². The van der Waals surface area contributed by atoms with Gasteiger partial charge < -0.3 is 19.9 Å². The fourth-order valence-electron chi connectivity index (χ4n) is 4.43. The van der Waals surface area contributed by atoms with Gasteiger partial charge in [-0.15, -0.1) is 11.3 Å². The van der Waals surface area contributed by atoms with Crippen LogP contribution in [-0.2, 0) is 23.1 Å². The summed E-state index contributed by atoms with van der Waals surface area (Å²) in [6, 6.07) is 9.70. The number of sulfonamides is 1. The van der Waals surface area contributed by atoms with E-state index in [-0.39, 0.29) is 40.7 Å². The molecule has 1 saturated heterocycles. The minimum Gasteiger partial charge on any atom is -0.477 e. The largest absolute Gasteiger partial charge is 0.477 e. The molecule has 1 aliphatic rings. The zero-order valence-corrected chi connectivity index (χ0v) is 24.2. The average Bonchev–Trinajstić information content (AvgIpc) is 3.46. The van der Waals surface area contributed by atoms with Crippen molar-refractivity contribution in [2.45, 2.75) is 24.2 Å². The predicted octanol–water partition coefficient (Wildman–Crippen LogP) is 2.67. The molecule has 0 radical (unpaired) electrons. The summed E-state index contributed by atoms with van der Waals surface area (Å²) in [4.78, 5) is 47.7. The minimum absolute atomic E-state index is 0.106. The highest BCUT2D eigenvalue weighted by molar-refractivity contribution is 7.91. The lowest BCUT2D eigenvalue weighted by Crippen LogP contribution is -2.49. The number of hydrogen-bond acceptors (Lipinski definition) is 9. The van der Waals surface area contributed by atoms with Crippen LogP contribution in [0.4, 0.5) is 5.95 Å². The van der Waals surface area contributed by atoms with Gasteiger partial charge in [0.25, 0.3) is 15.9 Å². The number of hydrogen-bond donors (Lipinski definition) is 2. The number of benzene rings is 1. The number of rotatable bonds is 8. The van der Waals surface area contributed by atoms with Crippen LogP contribution in [0.3, 0.4) is 0 Å².